The van der Waals surface area contributed by atoms with Crippen molar-refractivity contribution in [3.05, 3.63) is 75.2 Å². The normalized spacial score (nSPS) is 22.6. The molecular formula is C29H31ClN4O3. The third-order valence-electron chi connectivity index (χ3n) is 8.04. The van der Waals surface area contributed by atoms with Gasteiger partial charge in [-0.2, -0.15) is 0 Å². The van der Waals surface area contributed by atoms with Crippen LogP contribution in [0, 0.1) is 6.92 Å². The molecule has 6 rings (SSSR count). The fraction of sp³-hybridized carbons (Fsp3) is 0.414. The van der Waals surface area contributed by atoms with Crippen LogP contribution in [0.15, 0.2) is 57.8 Å². The number of fused-ring (bicyclic) bond motifs is 3. The topological polar surface area (TPSA) is 80.4 Å². The van der Waals surface area contributed by atoms with Crippen LogP contribution in [0.3, 0.4) is 0 Å². The molecule has 2 aliphatic rings. The summed E-state index contributed by atoms with van der Waals surface area (Å²) in [6, 6.07) is 15.8. The molecule has 3 heterocycles. The van der Waals surface area contributed by atoms with Crippen LogP contribution in [0.25, 0.3) is 21.8 Å². The van der Waals surface area contributed by atoms with Gasteiger partial charge in [-0.1, -0.05) is 53.2 Å². The largest absolute Gasteiger partial charge is 0.360 e. The molecule has 0 radical (unpaired) electrons. The fourth-order valence-electron chi connectivity index (χ4n) is 6.29. The summed E-state index contributed by atoms with van der Waals surface area (Å²) in [4.78, 5) is 29.4. The Bertz CT molecular complexity index is 1510. The molecule has 0 spiro atoms. The number of aryl methyl sites for hydroxylation is 1. The lowest BCUT2D eigenvalue weighted by Crippen LogP contribution is -2.48. The Balaban J connectivity index is 1.25. The van der Waals surface area contributed by atoms with Crippen LogP contribution in [0.2, 0.25) is 5.02 Å². The number of rotatable bonds is 5. The summed E-state index contributed by atoms with van der Waals surface area (Å²) in [6.07, 6.45) is 5.32. The van der Waals surface area contributed by atoms with Crippen LogP contribution in [0.5, 0.6) is 0 Å². The van der Waals surface area contributed by atoms with Crippen molar-refractivity contribution in [1.29, 1.82) is 0 Å². The van der Waals surface area contributed by atoms with E-state index in [1.54, 1.807) is 6.92 Å². The highest BCUT2D eigenvalue weighted by atomic mass is 35.5. The molecule has 1 aliphatic carbocycles. The average Bonchev–Trinajstić information content (AvgIpc) is 3.52. The number of amides is 1. The highest BCUT2D eigenvalue weighted by molar-refractivity contribution is 6.37. The van der Waals surface area contributed by atoms with Gasteiger partial charge in [0, 0.05) is 24.0 Å². The number of halogens is 1. The monoisotopic (exact) mass is 518 g/mol. The van der Waals surface area contributed by atoms with Gasteiger partial charge in [-0.05, 0) is 69.7 Å². The van der Waals surface area contributed by atoms with Crippen LogP contribution in [-0.2, 0) is 11.3 Å². The molecule has 4 aromatic rings. The molecular weight excluding hydrogens is 488 g/mol. The number of carbonyl (C=O) groups is 1. The van der Waals surface area contributed by atoms with E-state index in [9.17, 15) is 9.59 Å². The number of aromatic nitrogens is 2. The van der Waals surface area contributed by atoms with Gasteiger partial charge in [0.25, 0.3) is 5.56 Å². The molecule has 3 atom stereocenters. The number of pyridine rings is 1. The van der Waals surface area contributed by atoms with Crippen molar-refractivity contribution >= 4 is 39.3 Å². The van der Waals surface area contributed by atoms with E-state index in [4.69, 9.17) is 16.1 Å². The van der Waals surface area contributed by atoms with Crippen LogP contribution in [0.1, 0.15) is 55.9 Å². The number of nitrogens with one attached hydrogen (secondary N) is 1. The Kier molecular flexibility index (Phi) is 6.51. The Labute approximate surface area is 220 Å². The van der Waals surface area contributed by atoms with Crippen LogP contribution in [0.4, 0.5) is 0 Å². The highest BCUT2D eigenvalue weighted by Crippen LogP contribution is 2.35. The SMILES string of the molecule is Cc1onc2c1c(=O)n(C1CCCC(NC(=O)C3CCCN3Cc3ccccc3)C1)c1cccc(Cl)c21. The summed E-state index contributed by atoms with van der Waals surface area (Å²) in [5.74, 6) is 0.598. The van der Waals surface area contributed by atoms with Gasteiger partial charge in [0.15, 0.2) is 0 Å². The van der Waals surface area contributed by atoms with Gasteiger partial charge in [-0.25, -0.2) is 0 Å². The maximum absolute atomic E-state index is 13.7. The van der Waals surface area contributed by atoms with Crippen molar-refractivity contribution in [3.8, 4) is 0 Å². The minimum absolute atomic E-state index is 0.0193. The first-order valence-electron chi connectivity index (χ1n) is 13.2. The average molecular weight is 519 g/mol. The van der Waals surface area contributed by atoms with E-state index in [-0.39, 0.29) is 29.6 Å². The van der Waals surface area contributed by atoms with Crippen molar-refractivity contribution in [3.63, 3.8) is 0 Å². The van der Waals surface area contributed by atoms with Crippen molar-refractivity contribution < 1.29 is 9.32 Å². The first-order valence-corrected chi connectivity index (χ1v) is 13.6. The molecule has 8 heteroatoms. The second-order valence-corrected chi connectivity index (χ2v) is 10.8. The molecule has 7 nitrogen and oxygen atoms in total. The summed E-state index contributed by atoms with van der Waals surface area (Å²) in [7, 11) is 0. The van der Waals surface area contributed by atoms with Gasteiger partial charge in [0.2, 0.25) is 5.91 Å². The third-order valence-corrected chi connectivity index (χ3v) is 8.35. The fourth-order valence-corrected chi connectivity index (χ4v) is 6.55. The predicted octanol–water partition coefficient (Wildman–Crippen LogP) is 5.37. The second kappa shape index (κ2) is 9.95. The second-order valence-electron chi connectivity index (χ2n) is 10.4. The number of hydrogen-bond acceptors (Lipinski definition) is 5. The molecule has 2 aromatic heterocycles. The number of nitrogens with zero attached hydrogens (tertiary/aromatic N) is 3. The van der Waals surface area contributed by atoms with E-state index in [1.807, 2.05) is 41.0 Å². The minimum atomic E-state index is -0.112. The standard InChI is InChI=1S/C29H31ClN4O3/c1-18-25-27(32-37-18)26-22(30)12-6-13-23(26)34(29(25)36)21-11-5-10-20(16-21)31-28(35)24-14-7-15-33(24)17-19-8-3-2-4-9-19/h2-4,6,8-9,12-13,20-21,24H,5,7,10-11,14-17H2,1H3,(H,31,35). The summed E-state index contributed by atoms with van der Waals surface area (Å²) in [6.45, 7) is 3.48. The number of likely N-dealkylation sites (tertiary alicyclic amines) is 1. The lowest BCUT2D eigenvalue weighted by atomic mass is 9.90. The minimum Gasteiger partial charge on any atom is -0.360 e. The van der Waals surface area contributed by atoms with Gasteiger partial charge in [0.05, 0.1) is 16.6 Å². The van der Waals surface area contributed by atoms with E-state index in [1.165, 1.54) is 5.56 Å². The maximum atomic E-state index is 13.7. The molecule has 37 heavy (non-hydrogen) atoms. The molecule has 0 bridgehead atoms. The maximum Gasteiger partial charge on any atom is 0.264 e. The number of hydrogen-bond donors (Lipinski definition) is 1. The van der Waals surface area contributed by atoms with Crippen molar-refractivity contribution in [1.82, 2.24) is 19.9 Å². The summed E-state index contributed by atoms with van der Waals surface area (Å²) in [5.41, 5.74) is 2.40. The van der Waals surface area contributed by atoms with Crippen molar-refractivity contribution in [2.24, 2.45) is 0 Å². The summed E-state index contributed by atoms with van der Waals surface area (Å²) < 4.78 is 7.27. The van der Waals surface area contributed by atoms with Gasteiger partial charge >= 0.3 is 0 Å². The molecule has 1 saturated heterocycles. The molecule has 1 N–H and O–H groups in total. The predicted molar refractivity (Wildman–Crippen MR) is 145 cm³/mol. The Morgan fingerprint density at radius 2 is 1.92 bits per heavy atom. The molecule has 1 saturated carbocycles. The van der Waals surface area contributed by atoms with Gasteiger partial charge in [0.1, 0.15) is 16.7 Å². The molecule has 192 valence electrons. The first kappa shape index (κ1) is 24.2. The lowest BCUT2D eigenvalue weighted by Gasteiger charge is -2.33. The van der Waals surface area contributed by atoms with Gasteiger partial charge in [-0.3, -0.25) is 14.5 Å². The molecule has 1 aliphatic heterocycles. The summed E-state index contributed by atoms with van der Waals surface area (Å²) >= 11 is 6.59. The van der Waals surface area contributed by atoms with E-state index >= 15 is 0 Å². The zero-order valence-electron chi connectivity index (χ0n) is 21.0. The van der Waals surface area contributed by atoms with Crippen LogP contribution < -0.4 is 10.9 Å². The lowest BCUT2D eigenvalue weighted by molar-refractivity contribution is -0.126. The Morgan fingerprint density at radius 3 is 2.76 bits per heavy atom. The quantitative estimate of drug-likeness (QED) is 0.384. The molecule has 1 amide bonds. The summed E-state index contributed by atoms with van der Waals surface area (Å²) in [5, 5.41) is 9.27. The molecule has 2 aromatic carbocycles. The van der Waals surface area contributed by atoms with E-state index in [0.29, 0.717) is 28.1 Å². The van der Waals surface area contributed by atoms with E-state index < -0.39 is 0 Å². The zero-order valence-corrected chi connectivity index (χ0v) is 21.7. The highest BCUT2D eigenvalue weighted by Gasteiger charge is 2.34. The first-order chi connectivity index (χ1) is 18.0. The smallest absolute Gasteiger partial charge is 0.264 e. The van der Waals surface area contributed by atoms with Gasteiger partial charge in [-0.15, -0.1) is 0 Å². The third kappa shape index (κ3) is 4.44. The van der Waals surface area contributed by atoms with Gasteiger partial charge < -0.3 is 14.4 Å². The van der Waals surface area contributed by atoms with Crippen LogP contribution in [-0.4, -0.2) is 39.2 Å². The van der Waals surface area contributed by atoms with E-state index in [0.717, 1.165) is 56.1 Å². The number of benzene rings is 2. The Hall–Kier alpha value is -3.16. The molecule has 3 unspecified atom stereocenters. The van der Waals surface area contributed by atoms with Crippen molar-refractivity contribution in [2.75, 3.05) is 6.54 Å². The number of carbonyl (C=O) groups excluding carboxylic acids is 1. The van der Waals surface area contributed by atoms with Crippen LogP contribution >= 0.6 is 11.6 Å². The zero-order chi connectivity index (χ0) is 25.5. The molecule has 2 fully saturated rings. The Morgan fingerprint density at radius 1 is 1.08 bits per heavy atom. The van der Waals surface area contributed by atoms with Crippen molar-refractivity contribution in [2.45, 2.75) is 70.1 Å². The van der Waals surface area contributed by atoms with E-state index in [2.05, 4.69) is 27.5 Å².